The Balaban J connectivity index is 2.08. The van der Waals surface area contributed by atoms with E-state index in [4.69, 9.17) is 10.2 Å². The molecule has 1 aromatic carbocycles. The van der Waals surface area contributed by atoms with E-state index in [0.717, 1.165) is 0 Å². The van der Waals surface area contributed by atoms with E-state index in [1.165, 1.54) is 24.1 Å². The van der Waals surface area contributed by atoms with Gasteiger partial charge in [0.25, 0.3) is 5.22 Å². The molecule has 2 rings (SSSR count). The standard InChI is InChI=1S/C10H9FN2OS/c11-9-7(2-1-3-8(9)12)6-15-10-13-4-5-14-10/h1-5H,6,12H2. The van der Waals surface area contributed by atoms with Crippen LogP contribution in [0.5, 0.6) is 0 Å². The molecule has 1 heterocycles. The first-order valence-corrected chi connectivity index (χ1v) is 5.31. The summed E-state index contributed by atoms with van der Waals surface area (Å²) >= 11 is 1.33. The van der Waals surface area contributed by atoms with Gasteiger partial charge in [0.2, 0.25) is 0 Å². The van der Waals surface area contributed by atoms with Gasteiger partial charge < -0.3 is 10.2 Å². The largest absolute Gasteiger partial charge is 0.440 e. The SMILES string of the molecule is Nc1cccc(CSc2ncco2)c1F. The number of nitrogen functional groups attached to an aromatic ring is 1. The molecule has 2 aromatic rings. The van der Waals surface area contributed by atoms with Gasteiger partial charge in [-0.05, 0) is 6.07 Å². The van der Waals surface area contributed by atoms with Crippen LogP contribution in [0.25, 0.3) is 0 Å². The van der Waals surface area contributed by atoms with E-state index in [2.05, 4.69) is 4.98 Å². The third-order valence-electron chi connectivity index (χ3n) is 1.87. The third-order valence-corrected chi connectivity index (χ3v) is 2.77. The van der Waals surface area contributed by atoms with Crippen LogP contribution in [0.15, 0.2) is 40.3 Å². The molecule has 0 saturated heterocycles. The van der Waals surface area contributed by atoms with Gasteiger partial charge in [0.15, 0.2) is 0 Å². The lowest BCUT2D eigenvalue weighted by atomic mass is 10.2. The first-order valence-electron chi connectivity index (χ1n) is 4.32. The molecule has 0 amide bonds. The van der Waals surface area contributed by atoms with Gasteiger partial charge in [0, 0.05) is 11.3 Å². The van der Waals surface area contributed by atoms with E-state index in [9.17, 15) is 4.39 Å². The van der Waals surface area contributed by atoms with E-state index < -0.39 is 0 Å². The summed E-state index contributed by atoms with van der Waals surface area (Å²) in [6, 6.07) is 4.96. The lowest BCUT2D eigenvalue weighted by Gasteiger charge is -2.02. The summed E-state index contributed by atoms with van der Waals surface area (Å²) in [7, 11) is 0. The average Bonchev–Trinajstić information content (AvgIpc) is 2.73. The molecule has 78 valence electrons. The molecular formula is C10H9FN2OS. The number of thioether (sulfide) groups is 1. The monoisotopic (exact) mass is 224 g/mol. The Bertz CT molecular complexity index is 445. The molecule has 0 atom stereocenters. The first-order chi connectivity index (χ1) is 7.27. The maximum atomic E-state index is 13.4. The van der Waals surface area contributed by atoms with Crippen molar-refractivity contribution in [3.8, 4) is 0 Å². The molecule has 0 spiro atoms. The predicted octanol–water partition coefficient (Wildman–Crippen LogP) is 2.69. The molecule has 1 aromatic heterocycles. The predicted molar refractivity (Wildman–Crippen MR) is 56.9 cm³/mol. The number of anilines is 1. The zero-order chi connectivity index (χ0) is 10.7. The Labute approximate surface area is 90.5 Å². The molecule has 0 aliphatic heterocycles. The molecule has 0 aliphatic carbocycles. The van der Waals surface area contributed by atoms with Gasteiger partial charge in [0.1, 0.15) is 12.1 Å². The summed E-state index contributed by atoms with van der Waals surface area (Å²) in [5.74, 6) is 0.0914. The fraction of sp³-hybridized carbons (Fsp3) is 0.100. The molecule has 5 heteroatoms. The van der Waals surface area contributed by atoms with Crippen molar-refractivity contribution < 1.29 is 8.81 Å². The van der Waals surface area contributed by atoms with Gasteiger partial charge in [-0.15, -0.1) is 0 Å². The van der Waals surface area contributed by atoms with Crippen LogP contribution >= 0.6 is 11.8 Å². The van der Waals surface area contributed by atoms with E-state index in [0.29, 0.717) is 16.5 Å². The second-order valence-corrected chi connectivity index (χ2v) is 3.83. The maximum Gasteiger partial charge on any atom is 0.255 e. The number of oxazole rings is 1. The lowest BCUT2D eigenvalue weighted by molar-refractivity contribution is 0.454. The van der Waals surface area contributed by atoms with Crippen LogP contribution in [0, 0.1) is 5.82 Å². The number of aromatic nitrogens is 1. The van der Waals surface area contributed by atoms with Gasteiger partial charge in [-0.1, -0.05) is 23.9 Å². The van der Waals surface area contributed by atoms with Gasteiger partial charge >= 0.3 is 0 Å². The van der Waals surface area contributed by atoms with Crippen molar-refractivity contribution in [1.82, 2.24) is 4.98 Å². The Morgan fingerprint density at radius 3 is 3.07 bits per heavy atom. The number of nitrogens with zero attached hydrogens (tertiary/aromatic N) is 1. The zero-order valence-corrected chi connectivity index (χ0v) is 8.63. The van der Waals surface area contributed by atoms with Crippen molar-refractivity contribution in [2.45, 2.75) is 11.0 Å². The highest BCUT2D eigenvalue weighted by atomic mass is 32.2. The number of hydrogen-bond acceptors (Lipinski definition) is 4. The molecule has 15 heavy (non-hydrogen) atoms. The number of halogens is 1. The first kappa shape index (κ1) is 10.0. The highest BCUT2D eigenvalue weighted by molar-refractivity contribution is 7.98. The Morgan fingerprint density at radius 2 is 2.33 bits per heavy atom. The van der Waals surface area contributed by atoms with Gasteiger partial charge in [-0.25, -0.2) is 9.37 Å². The third kappa shape index (κ3) is 2.30. The molecular weight excluding hydrogens is 215 g/mol. The van der Waals surface area contributed by atoms with E-state index in [1.54, 1.807) is 18.3 Å². The van der Waals surface area contributed by atoms with Crippen LogP contribution in [0.1, 0.15) is 5.56 Å². The van der Waals surface area contributed by atoms with Crippen LogP contribution in [0.3, 0.4) is 0 Å². The van der Waals surface area contributed by atoms with Gasteiger partial charge in [-0.3, -0.25) is 0 Å². The fourth-order valence-corrected chi connectivity index (χ4v) is 1.89. The van der Waals surface area contributed by atoms with E-state index in [-0.39, 0.29) is 11.5 Å². The smallest absolute Gasteiger partial charge is 0.255 e. The number of benzene rings is 1. The summed E-state index contributed by atoms with van der Waals surface area (Å²) < 4.78 is 18.5. The van der Waals surface area contributed by atoms with Gasteiger partial charge in [-0.2, -0.15) is 0 Å². The van der Waals surface area contributed by atoms with E-state index in [1.807, 2.05) is 0 Å². The van der Waals surface area contributed by atoms with Crippen molar-refractivity contribution >= 4 is 17.4 Å². The van der Waals surface area contributed by atoms with Crippen LogP contribution in [-0.2, 0) is 5.75 Å². The summed E-state index contributed by atoms with van der Waals surface area (Å²) in [6.45, 7) is 0. The van der Waals surface area contributed by atoms with Crippen molar-refractivity contribution in [3.05, 3.63) is 42.0 Å². The Morgan fingerprint density at radius 1 is 1.47 bits per heavy atom. The fourth-order valence-electron chi connectivity index (χ4n) is 1.13. The molecule has 0 aliphatic rings. The average molecular weight is 224 g/mol. The molecule has 3 nitrogen and oxygen atoms in total. The van der Waals surface area contributed by atoms with Crippen LogP contribution < -0.4 is 5.73 Å². The molecule has 2 N–H and O–H groups in total. The topological polar surface area (TPSA) is 52.0 Å². The summed E-state index contributed by atoms with van der Waals surface area (Å²) in [5.41, 5.74) is 6.17. The summed E-state index contributed by atoms with van der Waals surface area (Å²) in [5, 5.41) is 0.525. The second-order valence-electron chi connectivity index (χ2n) is 2.91. The number of nitrogens with two attached hydrogens (primary N) is 1. The summed E-state index contributed by atoms with van der Waals surface area (Å²) in [4.78, 5) is 3.93. The van der Waals surface area contributed by atoms with Crippen LogP contribution in [-0.4, -0.2) is 4.98 Å². The zero-order valence-electron chi connectivity index (χ0n) is 7.81. The summed E-state index contributed by atoms with van der Waals surface area (Å²) in [6.07, 6.45) is 3.04. The molecule has 0 saturated carbocycles. The highest BCUT2D eigenvalue weighted by Crippen LogP contribution is 2.24. The minimum absolute atomic E-state index is 0.167. The second kappa shape index (κ2) is 4.35. The quantitative estimate of drug-likeness (QED) is 0.643. The minimum Gasteiger partial charge on any atom is -0.440 e. The Kier molecular flexibility index (Phi) is 2.91. The minimum atomic E-state index is -0.364. The molecule has 0 fully saturated rings. The maximum absolute atomic E-state index is 13.4. The van der Waals surface area contributed by atoms with Crippen molar-refractivity contribution in [3.63, 3.8) is 0 Å². The van der Waals surface area contributed by atoms with Crippen molar-refractivity contribution in [1.29, 1.82) is 0 Å². The molecule has 0 radical (unpaired) electrons. The van der Waals surface area contributed by atoms with Crippen molar-refractivity contribution in [2.75, 3.05) is 5.73 Å². The van der Waals surface area contributed by atoms with Gasteiger partial charge in [0.05, 0.1) is 11.9 Å². The molecule has 0 unspecified atom stereocenters. The Hall–Kier alpha value is -1.49. The van der Waals surface area contributed by atoms with E-state index >= 15 is 0 Å². The molecule has 0 bridgehead atoms. The van der Waals surface area contributed by atoms with Crippen LogP contribution in [0.2, 0.25) is 0 Å². The highest BCUT2D eigenvalue weighted by Gasteiger charge is 2.07. The normalized spacial score (nSPS) is 10.5. The van der Waals surface area contributed by atoms with Crippen molar-refractivity contribution in [2.24, 2.45) is 0 Å². The number of rotatable bonds is 3. The lowest BCUT2D eigenvalue weighted by Crippen LogP contribution is -1.94. The van der Waals surface area contributed by atoms with Crippen LogP contribution in [0.4, 0.5) is 10.1 Å². The number of hydrogen-bond donors (Lipinski definition) is 1.